The molecular formula is C12H14INO3. The summed E-state index contributed by atoms with van der Waals surface area (Å²) in [4.78, 5) is 13.7. The van der Waals surface area contributed by atoms with E-state index in [9.17, 15) is 15.0 Å². The number of phenols is 1. The molecule has 0 aromatic heterocycles. The van der Waals surface area contributed by atoms with Crippen molar-refractivity contribution >= 4 is 28.5 Å². The number of β-amino-alcohol motifs (C(OH)–C–C–N with tert-alkyl or cyclic N) is 1. The van der Waals surface area contributed by atoms with Crippen LogP contribution in [0.15, 0.2) is 18.2 Å². The van der Waals surface area contributed by atoms with Crippen LogP contribution >= 0.6 is 22.6 Å². The minimum Gasteiger partial charge on any atom is -0.507 e. The number of aliphatic hydroxyl groups is 1. The Balaban J connectivity index is 2.15. The average molecular weight is 347 g/mol. The summed E-state index contributed by atoms with van der Waals surface area (Å²) in [5.41, 5.74) is 0.469. The van der Waals surface area contributed by atoms with Crippen LogP contribution in [-0.2, 0) is 0 Å². The highest BCUT2D eigenvalue weighted by Crippen LogP contribution is 2.22. The maximum absolute atomic E-state index is 12.1. The Bertz CT molecular complexity index is 436. The number of hydrogen-bond donors (Lipinski definition) is 2. The lowest BCUT2D eigenvalue weighted by molar-refractivity contribution is 0.0473. The number of aliphatic hydroxyl groups excluding tert-OH is 1. The van der Waals surface area contributed by atoms with E-state index in [2.05, 4.69) is 0 Å². The highest BCUT2D eigenvalue weighted by molar-refractivity contribution is 14.1. The molecule has 1 heterocycles. The molecule has 4 nitrogen and oxygen atoms in total. The second-order valence-electron chi connectivity index (χ2n) is 4.21. The van der Waals surface area contributed by atoms with Crippen molar-refractivity contribution in [1.82, 2.24) is 4.90 Å². The summed E-state index contributed by atoms with van der Waals surface area (Å²) in [7, 11) is 0. The zero-order valence-electron chi connectivity index (χ0n) is 9.27. The Morgan fingerprint density at radius 3 is 2.88 bits per heavy atom. The summed E-state index contributed by atoms with van der Waals surface area (Å²) >= 11 is 2.01. The van der Waals surface area contributed by atoms with Gasteiger partial charge in [-0.15, -0.1) is 0 Å². The van der Waals surface area contributed by atoms with Gasteiger partial charge >= 0.3 is 0 Å². The molecule has 1 aliphatic heterocycles. The second kappa shape index (κ2) is 5.22. The molecule has 1 aromatic carbocycles. The Hall–Kier alpha value is -0.820. The van der Waals surface area contributed by atoms with E-state index in [-0.39, 0.29) is 11.7 Å². The van der Waals surface area contributed by atoms with E-state index in [4.69, 9.17) is 0 Å². The standard InChI is InChI=1S/C12H14INO3/c13-10-4-3-8(6-11(10)16)12(17)14-5-1-2-9(15)7-14/h3-4,6,9,15-16H,1-2,5,7H2/t9-/m0/s1. The first-order valence-corrected chi connectivity index (χ1v) is 6.61. The smallest absolute Gasteiger partial charge is 0.254 e. The van der Waals surface area contributed by atoms with Gasteiger partial charge in [0.1, 0.15) is 5.75 Å². The van der Waals surface area contributed by atoms with E-state index in [1.54, 1.807) is 17.0 Å². The van der Waals surface area contributed by atoms with Crippen LogP contribution in [-0.4, -0.2) is 40.2 Å². The van der Waals surface area contributed by atoms with Crippen LogP contribution in [0.25, 0.3) is 0 Å². The molecule has 0 saturated carbocycles. The Morgan fingerprint density at radius 2 is 2.24 bits per heavy atom. The topological polar surface area (TPSA) is 60.8 Å². The quantitative estimate of drug-likeness (QED) is 0.759. The van der Waals surface area contributed by atoms with Crippen molar-refractivity contribution in [1.29, 1.82) is 0 Å². The molecule has 1 saturated heterocycles. The fraction of sp³-hybridized carbons (Fsp3) is 0.417. The predicted octanol–water partition coefficient (Wildman–Crippen LogP) is 1.59. The van der Waals surface area contributed by atoms with Gasteiger partial charge in [0.2, 0.25) is 0 Å². The summed E-state index contributed by atoms with van der Waals surface area (Å²) < 4.78 is 0.720. The molecule has 0 unspecified atom stereocenters. The summed E-state index contributed by atoms with van der Waals surface area (Å²) in [5.74, 6) is -0.00976. The number of rotatable bonds is 1. The summed E-state index contributed by atoms with van der Waals surface area (Å²) in [6, 6.07) is 4.89. The molecule has 0 spiro atoms. The van der Waals surface area contributed by atoms with E-state index < -0.39 is 6.10 Å². The first kappa shape index (κ1) is 12.6. The first-order chi connectivity index (χ1) is 8.08. The minimum atomic E-state index is -0.426. The molecule has 2 N–H and O–H groups in total. The first-order valence-electron chi connectivity index (χ1n) is 5.54. The van der Waals surface area contributed by atoms with Gasteiger partial charge in [-0.2, -0.15) is 0 Å². The monoisotopic (exact) mass is 347 g/mol. The number of carbonyl (C=O) groups is 1. The maximum atomic E-state index is 12.1. The van der Waals surface area contributed by atoms with Gasteiger partial charge < -0.3 is 15.1 Å². The Labute approximate surface area is 113 Å². The van der Waals surface area contributed by atoms with Gasteiger partial charge in [0.05, 0.1) is 9.67 Å². The largest absolute Gasteiger partial charge is 0.507 e. The normalized spacial score (nSPS) is 20.4. The van der Waals surface area contributed by atoms with Gasteiger partial charge in [0.25, 0.3) is 5.91 Å². The van der Waals surface area contributed by atoms with Gasteiger partial charge in [-0.25, -0.2) is 0 Å². The number of aromatic hydroxyl groups is 1. The van der Waals surface area contributed by atoms with Crippen LogP contribution in [0.3, 0.4) is 0 Å². The van der Waals surface area contributed by atoms with E-state index in [1.165, 1.54) is 6.07 Å². The van der Waals surface area contributed by atoms with Crippen molar-refractivity contribution < 1.29 is 15.0 Å². The number of carbonyl (C=O) groups excluding carboxylic acids is 1. The zero-order valence-corrected chi connectivity index (χ0v) is 11.4. The third-order valence-electron chi connectivity index (χ3n) is 2.88. The van der Waals surface area contributed by atoms with Crippen molar-refractivity contribution in [3.05, 3.63) is 27.3 Å². The Kier molecular flexibility index (Phi) is 3.88. The molecule has 0 bridgehead atoms. The van der Waals surface area contributed by atoms with E-state index in [1.807, 2.05) is 22.6 Å². The lowest BCUT2D eigenvalue weighted by Crippen LogP contribution is -2.42. The van der Waals surface area contributed by atoms with Crippen LogP contribution in [0.5, 0.6) is 5.75 Å². The van der Waals surface area contributed by atoms with Gasteiger partial charge in [-0.3, -0.25) is 4.79 Å². The van der Waals surface area contributed by atoms with Crippen LogP contribution < -0.4 is 0 Å². The SMILES string of the molecule is O=C(c1ccc(I)c(O)c1)N1CCC[C@H](O)C1. The number of hydrogen-bond acceptors (Lipinski definition) is 3. The summed E-state index contributed by atoms with van der Waals surface area (Å²) in [6.45, 7) is 1.05. The lowest BCUT2D eigenvalue weighted by atomic mass is 10.1. The van der Waals surface area contributed by atoms with Crippen molar-refractivity contribution in [2.75, 3.05) is 13.1 Å². The fourth-order valence-corrected chi connectivity index (χ4v) is 2.30. The van der Waals surface area contributed by atoms with Crippen LogP contribution in [0, 0.1) is 3.57 Å². The molecule has 2 rings (SSSR count). The fourth-order valence-electron chi connectivity index (χ4n) is 1.97. The molecule has 1 amide bonds. The molecule has 1 atom stereocenters. The van der Waals surface area contributed by atoms with Gasteiger partial charge in [0, 0.05) is 18.7 Å². The molecule has 1 aliphatic rings. The molecule has 0 aliphatic carbocycles. The molecule has 17 heavy (non-hydrogen) atoms. The van der Waals surface area contributed by atoms with Crippen LogP contribution in [0.1, 0.15) is 23.2 Å². The minimum absolute atomic E-state index is 0.119. The Morgan fingerprint density at radius 1 is 1.47 bits per heavy atom. The van der Waals surface area contributed by atoms with Crippen molar-refractivity contribution in [3.8, 4) is 5.75 Å². The van der Waals surface area contributed by atoms with E-state index in [0.29, 0.717) is 18.7 Å². The maximum Gasteiger partial charge on any atom is 0.254 e. The van der Waals surface area contributed by atoms with Crippen LogP contribution in [0.2, 0.25) is 0 Å². The third-order valence-corrected chi connectivity index (χ3v) is 3.79. The highest BCUT2D eigenvalue weighted by Gasteiger charge is 2.23. The molecular weight excluding hydrogens is 333 g/mol. The van der Waals surface area contributed by atoms with E-state index >= 15 is 0 Å². The zero-order chi connectivity index (χ0) is 12.4. The number of phenolic OH excluding ortho intramolecular Hbond substituents is 1. The second-order valence-corrected chi connectivity index (χ2v) is 5.38. The van der Waals surface area contributed by atoms with Gasteiger partial charge in [-0.1, -0.05) is 0 Å². The molecule has 1 aromatic rings. The lowest BCUT2D eigenvalue weighted by Gasteiger charge is -2.30. The third kappa shape index (κ3) is 2.90. The summed E-state index contributed by atoms with van der Waals surface area (Å²) in [5, 5.41) is 19.1. The van der Waals surface area contributed by atoms with Crippen molar-refractivity contribution in [2.24, 2.45) is 0 Å². The van der Waals surface area contributed by atoms with Crippen LogP contribution in [0.4, 0.5) is 0 Å². The van der Waals surface area contributed by atoms with Gasteiger partial charge in [-0.05, 0) is 53.6 Å². The molecule has 1 fully saturated rings. The van der Waals surface area contributed by atoms with Crippen molar-refractivity contribution in [3.63, 3.8) is 0 Å². The number of likely N-dealkylation sites (tertiary alicyclic amines) is 1. The van der Waals surface area contributed by atoms with Crippen molar-refractivity contribution in [2.45, 2.75) is 18.9 Å². The molecule has 0 radical (unpaired) electrons. The van der Waals surface area contributed by atoms with Gasteiger partial charge in [0.15, 0.2) is 0 Å². The van der Waals surface area contributed by atoms with E-state index in [0.717, 1.165) is 16.4 Å². The number of piperidine rings is 1. The summed E-state index contributed by atoms with van der Waals surface area (Å²) in [6.07, 6.45) is 1.15. The molecule has 5 heteroatoms. The number of nitrogens with zero attached hydrogens (tertiary/aromatic N) is 1. The average Bonchev–Trinajstić information content (AvgIpc) is 2.32. The highest BCUT2D eigenvalue weighted by atomic mass is 127. The number of benzene rings is 1. The predicted molar refractivity (Wildman–Crippen MR) is 72.0 cm³/mol. The number of halogens is 1. The molecule has 92 valence electrons. The number of amides is 1.